The molecule has 0 atom stereocenters. The van der Waals surface area contributed by atoms with Crippen molar-refractivity contribution < 1.29 is 4.74 Å². The van der Waals surface area contributed by atoms with E-state index in [0.717, 1.165) is 22.6 Å². The molecule has 2 rings (SSSR count). The first kappa shape index (κ1) is 10.7. The summed E-state index contributed by atoms with van der Waals surface area (Å²) in [6.07, 6.45) is 1.80. The van der Waals surface area contributed by atoms with Gasteiger partial charge in [0.1, 0.15) is 5.75 Å². The van der Waals surface area contributed by atoms with Crippen molar-refractivity contribution in [2.24, 2.45) is 12.8 Å². The summed E-state index contributed by atoms with van der Waals surface area (Å²) in [4.78, 5) is 0. The summed E-state index contributed by atoms with van der Waals surface area (Å²) in [6.45, 7) is 0.486. The molecule has 0 spiro atoms. The van der Waals surface area contributed by atoms with E-state index in [1.165, 1.54) is 0 Å². The minimum atomic E-state index is 0.486. The first-order valence-corrected chi connectivity index (χ1v) is 5.11. The molecule has 4 heteroatoms. The van der Waals surface area contributed by atoms with E-state index >= 15 is 0 Å². The third-order valence-corrected chi connectivity index (χ3v) is 2.58. The Morgan fingerprint density at radius 1 is 1.44 bits per heavy atom. The van der Waals surface area contributed by atoms with Gasteiger partial charge in [-0.1, -0.05) is 12.1 Å². The number of hydrogen-bond acceptors (Lipinski definition) is 3. The zero-order chi connectivity index (χ0) is 11.5. The number of aromatic nitrogens is 2. The molecule has 0 aliphatic rings. The maximum Gasteiger partial charge on any atom is 0.119 e. The molecule has 0 radical (unpaired) electrons. The van der Waals surface area contributed by atoms with Crippen LogP contribution < -0.4 is 10.5 Å². The van der Waals surface area contributed by atoms with Crippen LogP contribution in [0.3, 0.4) is 0 Å². The van der Waals surface area contributed by atoms with E-state index in [2.05, 4.69) is 5.10 Å². The van der Waals surface area contributed by atoms with E-state index in [0.29, 0.717) is 6.54 Å². The Hall–Kier alpha value is -1.81. The fourth-order valence-electron chi connectivity index (χ4n) is 1.77. The number of aryl methyl sites for hydroxylation is 1. The number of hydrogen-bond donors (Lipinski definition) is 1. The Kier molecular flexibility index (Phi) is 2.92. The van der Waals surface area contributed by atoms with Gasteiger partial charge in [0.25, 0.3) is 0 Å². The summed E-state index contributed by atoms with van der Waals surface area (Å²) in [7, 11) is 3.57. The molecule has 4 nitrogen and oxygen atoms in total. The van der Waals surface area contributed by atoms with E-state index in [1.807, 2.05) is 36.0 Å². The molecule has 0 amide bonds. The maximum absolute atomic E-state index is 5.69. The van der Waals surface area contributed by atoms with E-state index in [9.17, 15) is 0 Å². The molecule has 1 aromatic heterocycles. The number of nitrogens with zero attached hydrogens (tertiary/aromatic N) is 2. The molecule has 0 saturated heterocycles. The van der Waals surface area contributed by atoms with Crippen molar-refractivity contribution in [1.29, 1.82) is 0 Å². The van der Waals surface area contributed by atoms with Crippen LogP contribution in [-0.4, -0.2) is 16.9 Å². The molecule has 0 bridgehead atoms. The summed E-state index contributed by atoms with van der Waals surface area (Å²) >= 11 is 0. The zero-order valence-electron chi connectivity index (χ0n) is 9.47. The fourth-order valence-corrected chi connectivity index (χ4v) is 1.77. The standard InChI is InChI=1S/C12H15N3O/c1-15-12(10(7-13)8-14-15)9-4-3-5-11(6-9)16-2/h3-6,8H,7,13H2,1-2H3. The van der Waals surface area contributed by atoms with Gasteiger partial charge in [-0.3, -0.25) is 4.68 Å². The summed E-state index contributed by atoms with van der Waals surface area (Å²) < 4.78 is 7.04. The van der Waals surface area contributed by atoms with Crippen molar-refractivity contribution in [2.45, 2.75) is 6.54 Å². The number of ether oxygens (including phenoxy) is 1. The third-order valence-electron chi connectivity index (χ3n) is 2.58. The van der Waals surface area contributed by atoms with E-state index in [1.54, 1.807) is 13.3 Å². The average Bonchev–Trinajstić information content (AvgIpc) is 2.70. The Bertz CT molecular complexity index is 491. The van der Waals surface area contributed by atoms with E-state index < -0.39 is 0 Å². The predicted molar refractivity (Wildman–Crippen MR) is 63.1 cm³/mol. The first-order chi connectivity index (χ1) is 7.76. The van der Waals surface area contributed by atoms with Gasteiger partial charge in [0.05, 0.1) is 19.0 Å². The molecule has 1 aromatic carbocycles. The van der Waals surface area contributed by atoms with Gasteiger partial charge < -0.3 is 10.5 Å². The van der Waals surface area contributed by atoms with Crippen LogP contribution in [0.25, 0.3) is 11.3 Å². The van der Waals surface area contributed by atoms with Crippen LogP contribution >= 0.6 is 0 Å². The van der Waals surface area contributed by atoms with Gasteiger partial charge in [0.2, 0.25) is 0 Å². The summed E-state index contributed by atoms with van der Waals surface area (Å²) in [5, 5.41) is 4.22. The Morgan fingerprint density at radius 3 is 2.94 bits per heavy atom. The molecule has 0 aliphatic heterocycles. The zero-order valence-corrected chi connectivity index (χ0v) is 9.47. The molecule has 2 aromatic rings. The predicted octanol–water partition coefficient (Wildman–Crippen LogP) is 1.55. The van der Waals surface area contributed by atoms with E-state index in [4.69, 9.17) is 10.5 Å². The van der Waals surface area contributed by atoms with Crippen LogP contribution in [0.2, 0.25) is 0 Å². The van der Waals surface area contributed by atoms with Crippen LogP contribution in [-0.2, 0) is 13.6 Å². The molecule has 1 heterocycles. The monoisotopic (exact) mass is 217 g/mol. The van der Waals surface area contributed by atoms with Crippen molar-refractivity contribution >= 4 is 0 Å². The highest BCUT2D eigenvalue weighted by molar-refractivity contribution is 5.65. The van der Waals surface area contributed by atoms with Gasteiger partial charge in [-0.15, -0.1) is 0 Å². The molecule has 16 heavy (non-hydrogen) atoms. The average molecular weight is 217 g/mol. The summed E-state index contributed by atoms with van der Waals surface area (Å²) in [5.41, 5.74) is 8.84. The smallest absolute Gasteiger partial charge is 0.119 e. The van der Waals surface area contributed by atoms with Crippen molar-refractivity contribution in [1.82, 2.24) is 9.78 Å². The minimum Gasteiger partial charge on any atom is -0.497 e. The molecular weight excluding hydrogens is 202 g/mol. The Balaban J connectivity index is 2.53. The van der Waals surface area contributed by atoms with Crippen LogP contribution in [0.4, 0.5) is 0 Å². The highest BCUT2D eigenvalue weighted by Gasteiger charge is 2.09. The summed E-state index contributed by atoms with van der Waals surface area (Å²) in [6, 6.07) is 7.89. The van der Waals surface area contributed by atoms with Crippen LogP contribution in [0.15, 0.2) is 30.5 Å². The molecule has 0 aliphatic carbocycles. The normalized spacial score (nSPS) is 10.4. The number of nitrogens with two attached hydrogens (primary N) is 1. The quantitative estimate of drug-likeness (QED) is 0.848. The maximum atomic E-state index is 5.69. The van der Waals surface area contributed by atoms with Gasteiger partial charge in [-0.25, -0.2) is 0 Å². The summed E-state index contributed by atoms with van der Waals surface area (Å²) in [5.74, 6) is 0.835. The van der Waals surface area contributed by atoms with Gasteiger partial charge in [0, 0.05) is 24.7 Å². The SMILES string of the molecule is COc1cccc(-c2c(CN)cnn2C)c1. The molecule has 2 N–H and O–H groups in total. The molecule has 0 fully saturated rings. The molecule has 84 valence electrons. The molecule has 0 saturated carbocycles. The van der Waals surface area contributed by atoms with Crippen LogP contribution in [0.1, 0.15) is 5.56 Å². The Labute approximate surface area is 94.6 Å². The second-order valence-electron chi connectivity index (χ2n) is 3.58. The largest absolute Gasteiger partial charge is 0.497 e. The van der Waals surface area contributed by atoms with Crippen molar-refractivity contribution in [3.05, 3.63) is 36.0 Å². The van der Waals surface area contributed by atoms with Gasteiger partial charge >= 0.3 is 0 Å². The van der Waals surface area contributed by atoms with Crippen molar-refractivity contribution in [3.63, 3.8) is 0 Å². The lowest BCUT2D eigenvalue weighted by molar-refractivity contribution is 0.415. The minimum absolute atomic E-state index is 0.486. The van der Waals surface area contributed by atoms with Gasteiger partial charge in [-0.2, -0.15) is 5.10 Å². The van der Waals surface area contributed by atoms with Gasteiger partial charge in [-0.05, 0) is 12.1 Å². The fraction of sp³-hybridized carbons (Fsp3) is 0.250. The molecule has 0 unspecified atom stereocenters. The lowest BCUT2D eigenvalue weighted by Crippen LogP contribution is -2.00. The van der Waals surface area contributed by atoms with Crippen molar-refractivity contribution in [2.75, 3.05) is 7.11 Å². The highest BCUT2D eigenvalue weighted by Crippen LogP contribution is 2.26. The second kappa shape index (κ2) is 4.37. The topological polar surface area (TPSA) is 53.1 Å². The lowest BCUT2D eigenvalue weighted by atomic mass is 10.1. The number of rotatable bonds is 3. The van der Waals surface area contributed by atoms with E-state index in [-0.39, 0.29) is 0 Å². The van der Waals surface area contributed by atoms with Crippen LogP contribution in [0, 0.1) is 0 Å². The molecular formula is C12H15N3O. The van der Waals surface area contributed by atoms with Crippen molar-refractivity contribution in [3.8, 4) is 17.0 Å². The second-order valence-corrected chi connectivity index (χ2v) is 3.58. The van der Waals surface area contributed by atoms with Crippen LogP contribution in [0.5, 0.6) is 5.75 Å². The highest BCUT2D eigenvalue weighted by atomic mass is 16.5. The first-order valence-electron chi connectivity index (χ1n) is 5.11. The third kappa shape index (κ3) is 1.79. The lowest BCUT2D eigenvalue weighted by Gasteiger charge is -2.07. The number of methoxy groups -OCH3 is 1. The Morgan fingerprint density at radius 2 is 2.25 bits per heavy atom. The number of benzene rings is 1. The van der Waals surface area contributed by atoms with Gasteiger partial charge in [0.15, 0.2) is 0 Å².